The van der Waals surface area contributed by atoms with Crippen molar-refractivity contribution in [1.29, 1.82) is 0 Å². The van der Waals surface area contributed by atoms with E-state index in [9.17, 15) is 17.6 Å². The molecule has 5 nitrogen and oxygen atoms in total. The van der Waals surface area contributed by atoms with Crippen molar-refractivity contribution in [1.82, 2.24) is 4.98 Å². The Kier molecular flexibility index (Phi) is 4.03. The first-order valence-electron chi connectivity index (χ1n) is 5.39. The fraction of sp³-hybridized carbons (Fsp3) is 0.182. The van der Waals surface area contributed by atoms with Crippen LogP contribution in [-0.4, -0.2) is 13.4 Å². The van der Waals surface area contributed by atoms with Crippen molar-refractivity contribution in [3.05, 3.63) is 43.3 Å². The summed E-state index contributed by atoms with van der Waals surface area (Å²) in [6.45, 7) is 3.08. The first-order valence-corrected chi connectivity index (χ1v) is 8.48. The lowest BCUT2D eigenvalue weighted by molar-refractivity contribution is 0.602. The van der Waals surface area contributed by atoms with Gasteiger partial charge in [0.25, 0.3) is 10.0 Å². The number of rotatable bonds is 3. The Balaban J connectivity index is 2.46. The Morgan fingerprint density at radius 2 is 2.00 bits per heavy atom. The molecular weight excluding hydrogens is 371 g/mol. The van der Waals surface area contributed by atoms with Crippen molar-refractivity contribution in [3.63, 3.8) is 0 Å². The average molecular weight is 381 g/mol. The van der Waals surface area contributed by atoms with Crippen LogP contribution < -0.4 is 9.60 Å². The molecule has 108 valence electrons. The number of nitrogens with one attached hydrogen (secondary N) is 2. The van der Waals surface area contributed by atoms with Crippen LogP contribution in [0.1, 0.15) is 11.3 Å². The van der Waals surface area contributed by atoms with Crippen LogP contribution in [0.2, 0.25) is 0 Å². The lowest BCUT2D eigenvalue weighted by atomic mass is 10.2. The second kappa shape index (κ2) is 5.30. The lowest BCUT2D eigenvalue weighted by Crippen LogP contribution is -2.13. The van der Waals surface area contributed by atoms with Gasteiger partial charge >= 0.3 is 4.87 Å². The Labute approximate surface area is 127 Å². The molecule has 2 rings (SSSR count). The topological polar surface area (TPSA) is 79.0 Å². The van der Waals surface area contributed by atoms with Gasteiger partial charge < -0.3 is 4.98 Å². The molecule has 9 heteroatoms. The second-order valence-corrected chi connectivity index (χ2v) is 7.83. The summed E-state index contributed by atoms with van der Waals surface area (Å²) < 4.78 is 40.2. The molecule has 1 aromatic heterocycles. The molecule has 0 saturated heterocycles. The van der Waals surface area contributed by atoms with E-state index in [0.29, 0.717) is 16.9 Å². The third-order valence-corrected chi connectivity index (χ3v) is 6.11. The van der Waals surface area contributed by atoms with Gasteiger partial charge in [0.2, 0.25) is 0 Å². The SMILES string of the molecule is Cc1cc(F)c(Br)cc1NS(=O)(=O)c1sc(=O)[nH]c1C. The van der Waals surface area contributed by atoms with E-state index in [4.69, 9.17) is 0 Å². The summed E-state index contributed by atoms with van der Waals surface area (Å²) in [5.41, 5.74) is 0.958. The van der Waals surface area contributed by atoms with Gasteiger partial charge in [0.15, 0.2) is 4.21 Å². The minimum absolute atomic E-state index is 0.0812. The van der Waals surface area contributed by atoms with Crippen LogP contribution in [0.3, 0.4) is 0 Å². The Morgan fingerprint density at radius 3 is 2.55 bits per heavy atom. The zero-order valence-corrected chi connectivity index (χ0v) is 13.7. The van der Waals surface area contributed by atoms with E-state index in [-0.39, 0.29) is 20.1 Å². The smallest absolute Gasteiger partial charge is 0.306 e. The summed E-state index contributed by atoms with van der Waals surface area (Å²) >= 11 is 3.61. The fourth-order valence-corrected chi connectivity index (χ4v) is 4.36. The summed E-state index contributed by atoms with van der Waals surface area (Å²) in [6.07, 6.45) is 0. The predicted molar refractivity (Wildman–Crippen MR) is 79.3 cm³/mol. The van der Waals surface area contributed by atoms with E-state index in [2.05, 4.69) is 25.6 Å². The van der Waals surface area contributed by atoms with Crippen LogP contribution in [0.4, 0.5) is 10.1 Å². The molecule has 0 bridgehead atoms. The van der Waals surface area contributed by atoms with Crippen molar-refractivity contribution in [2.75, 3.05) is 4.72 Å². The Bertz CT molecular complexity index is 827. The number of H-pyrrole nitrogens is 1. The minimum Gasteiger partial charge on any atom is -0.315 e. The third kappa shape index (κ3) is 2.94. The lowest BCUT2D eigenvalue weighted by Gasteiger charge is -2.10. The molecule has 0 unspecified atom stereocenters. The molecule has 0 amide bonds. The van der Waals surface area contributed by atoms with Crippen LogP contribution >= 0.6 is 27.3 Å². The number of benzene rings is 1. The summed E-state index contributed by atoms with van der Waals surface area (Å²) in [5.74, 6) is -0.479. The largest absolute Gasteiger partial charge is 0.315 e. The van der Waals surface area contributed by atoms with Gasteiger partial charge in [0.1, 0.15) is 5.82 Å². The van der Waals surface area contributed by atoms with Gasteiger partial charge in [-0.25, -0.2) is 12.8 Å². The average Bonchev–Trinajstić information content (AvgIpc) is 2.66. The normalized spacial score (nSPS) is 11.6. The van der Waals surface area contributed by atoms with Gasteiger partial charge in [-0.1, -0.05) is 11.3 Å². The number of hydrogen-bond acceptors (Lipinski definition) is 4. The number of aryl methyl sites for hydroxylation is 2. The molecule has 0 fully saturated rings. The number of hydrogen-bond donors (Lipinski definition) is 2. The molecule has 1 aromatic carbocycles. The summed E-state index contributed by atoms with van der Waals surface area (Å²) in [6, 6.07) is 2.56. The van der Waals surface area contributed by atoms with E-state index in [1.54, 1.807) is 6.92 Å². The molecule has 0 spiro atoms. The van der Waals surface area contributed by atoms with Gasteiger partial charge in [0.05, 0.1) is 10.2 Å². The third-order valence-electron chi connectivity index (χ3n) is 2.54. The molecule has 2 aromatic rings. The van der Waals surface area contributed by atoms with Crippen molar-refractivity contribution in [3.8, 4) is 0 Å². The predicted octanol–water partition coefficient (Wildman–Crippen LogP) is 2.76. The van der Waals surface area contributed by atoms with Crippen LogP contribution in [-0.2, 0) is 10.0 Å². The number of halogens is 2. The monoisotopic (exact) mass is 380 g/mol. The summed E-state index contributed by atoms with van der Waals surface area (Å²) in [4.78, 5) is 13.2. The highest BCUT2D eigenvalue weighted by molar-refractivity contribution is 9.10. The molecule has 20 heavy (non-hydrogen) atoms. The molecule has 0 atom stereocenters. The summed E-state index contributed by atoms with van der Waals surface area (Å²) in [5, 5.41) is 0. The molecule has 0 radical (unpaired) electrons. The molecule has 2 N–H and O–H groups in total. The number of aromatic nitrogens is 1. The molecule has 0 aliphatic rings. The zero-order valence-electron chi connectivity index (χ0n) is 10.5. The van der Waals surface area contributed by atoms with Crippen LogP contribution in [0.15, 0.2) is 25.6 Å². The van der Waals surface area contributed by atoms with Gasteiger partial charge in [-0.15, -0.1) is 0 Å². The highest BCUT2D eigenvalue weighted by Crippen LogP contribution is 2.27. The maximum Gasteiger partial charge on any atom is 0.306 e. The van der Waals surface area contributed by atoms with Crippen molar-refractivity contribution in [2.45, 2.75) is 18.1 Å². The van der Waals surface area contributed by atoms with Crippen molar-refractivity contribution >= 4 is 43.0 Å². The minimum atomic E-state index is -3.88. The molecular formula is C11H10BrFN2O3S2. The standard InChI is InChI=1S/C11H10BrFN2O3S2/c1-5-3-8(13)7(12)4-9(5)15-20(17,18)10-6(2)14-11(16)19-10/h3-4,15H,1-2H3,(H,14,16). The number of anilines is 1. The molecule has 0 aliphatic heterocycles. The van der Waals surface area contributed by atoms with Crippen molar-refractivity contribution in [2.24, 2.45) is 0 Å². The first kappa shape index (κ1) is 15.2. The maximum absolute atomic E-state index is 13.3. The van der Waals surface area contributed by atoms with E-state index in [1.807, 2.05) is 0 Å². The highest BCUT2D eigenvalue weighted by Gasteiger charge is 2.21. The molecule has 0 aliphatic carbocycles. The number of sulfonamides is 1. The van der Waals surface area contributed by atoms with Gasteiger partial charge in [0, 0.05) is 5.69 Å². The maximum atomic E-state index is 13.3. The second-order valence-electron chi connectivity index (χ2n) is 4.11. The van der Waals surface area contributed by atoms with Crippen LogP contribution in [0.5, 0.6) is 0 Å². The van der Waals surface area contributed by atoms with E-state index in [1.165, 1.54) is 19.1 Å². The quantitative estimate of drug-likeness (QED) is 0.858. The fourth-order valence-electron chi connectivity index (χ4n) is 1.59. The van der Waals surface area contributed by atoms with E-state index in [0.717, 1.165) is 0 Å². The Morgan fingerprint density at radius 1 is 1.35 bits per heavy atom. The molecule has 1 heterocycles. The van der Waals surface area contributed by atoms with Crippen molar-refractivity contribution < 1.29 is 12.8 Å². The number of thiazole rings is 1. The van der Waals surface area contributed by atoms with E-state index < -0.39 is 20.7 Å². The zero-order chi connectivity index (χ0) is 15.1. The highest BCUT2D eigenvalue weighted by atomic mass is 79.9. The summed E-state index contributed by atoms with van der Waals surface area (Å²) in [7, 11) is -3.88. The van der Waals surface area contributed by atoms with Gasteiger partial charge in [-0.2, -0.15) is 0 Å². The van der Waals surface area contributed by atoms with Gasteiger partial charge in [-0.3, -0.25) is 9.52 Å². The van der Waals surface area contributed by atoms with E-state index >= 15 is 0 Å². The molecule has 0 saturated carbocycles. The Hall–Kier alpha value is -1.19. The van der Waals surface area contributed by atoms with Crippen LogP contribution in [0.25, 0.3) is 0 Å². The van der Waals surface area contributed by atoms with Gasteiger partial charge in [-0.05, 0) is 47.5 Å². The number of aromatic amines is 1. The first-order chi connectivity index (χ1) is 9.20. The van der Waals surface area contributed by atoms with Crippen LogP contribution in [0, 0.1) is 19.7 Å².